The van der Waals surface area contributed by atoms with Crippen molar-refractivity contribution in [2.75, 3.05) is 40.4 Å². The number of halogens is 1. The molecule has 0 saturated carbocycles. The number of carbonyl (C=O) groups excluding carboxylic acids is 2. The van der Waals surface area contributed by atoms with Crippen LogP contribution in [0.25, 0.3) is 6.08 Å². The highest BCUT2D eigenvalue weighted by atomic mass is 35.5. The van der Waals surface area contributed by atoms with Crippen LogP contribution in [0.1, 0.15) is 22.3 Å². The minimum Gasteiger partial charge on any atom is -0.493 e. The molecule has 2 amide bonds. The van der Waals surface area contributed by atoms with E-state index in [-0.39, 0.29) is 11.8 Å². The van der Waals surface area contributed by atoms with Gasteiger partial charge in [-0.25, -0.2) is 0 Å². The fourth-order valence-electron chi connectivity index (χ4n) is 3.37. The summed E-state index contributed by atoms with van der Waals surface area (Å²) in [7, 11) is 3.09. The summed E-state index contributed by atoms with van der Waals surface area (Å²) in [5.74, 6) is 0.916. The zero-order chi connectivity index (χ0) is 21.5. The van der Waals surface area contributed by atoms with Crippen molar-refractivity contribution in [3.63, 3.8) is 0 Å². The van der Waals surface area contributed by atoms with Gasteiger partial charge in [-0.3, -0.25) is 9.59 Å². The normalized spacial score (nSPS) is 14.5. The van der Waals surface area contributed by atoms with E-state index >= 15 is 0 Å². The number of ether oxygens (including phenoxy) is 2. The third-order valence-corrected chi connectivity index (χ3v) is 5.38. The quantitative estimate of drug-likeness (QED) is 0.680. The molecule has 2 aromatic rings. The van der Waals surface area contributed by atoms with Gasteiger partial charge in [-0.1, -0.05) is 29.8 Å². The van der Waals surface area contributed by atoms with Crippen molar-refractivity contribution in [2.45, 2.75) is 6.42 Å². The van der Waals surface area contributed by atoms with Crippen LogP contribution in [-0.4, -0.2) is 62.0 Å². The van der Waals surface area contributed by atoms with Gasteiger partial charge in [-0.2, -0.15) is 0 Å². The first-order valence-electron chi connectivity index (χ1n) is 9.76. The van der Waals surface area contributed by atoms with Crippen LogP contribution in [0, 0.1) is 0 Å². The van der Waals surface area contributed by atoms with Gasteiger partial charge in [0.1, 0.15) is 0 Å². The minimum atomic E-state index is -0.0877. The van der Waals surface area contributed by atoms with Gasteiger partial charge < -0.3 is 19.3 Å². The molecule has 0 aliphatic carbocycles. The topological polar surface area (TPSA) is 59.1 Å². The molecular weight excluding hydrogens is 404 g/mol. The number of amides is 2. The summed E-state index contributed by atoms with van der Waals surface area (Å²) in [6, 6.07) is 12.5. The van der Waals surface area contributed by atoms with E-state index in [1.54, 1.807) is 47.3 Å². The molecule has 0 radical (unpaired) electrons. The molecule has 0 atom stereocenters. The molecule has 3 rings (SSSR count). The number of hydrogen-bond donors (Lipinski definition) is 0. The Kier molecular flexibility index (Phi) is 7.36. The maximum atomic E-state index is 12.9. The Balaban J connectivity index is 1.64. The number of hydrogen-bond acceptors (Lipinski definition) is 4. The molecule has 1 saturated heterocycles. The first-order valence-corrected chi connectivity index (χ1v) is 10.1. The Bertz CT molecular complexity index is 945. The monoisotopic (exact) mass is 428 g/mol. The predicted molar refractivity (Wildman–Crippen MR) is 117 cm³/mol. The molecule has 1 aliphatic rings. The van der Waals surface area contributed by atoms with Crippen LogP contribution in [0.2, 0.25) is 5.02 Å². The molecule has 1 fully saturated rings. The zero-order valence-corrected chi connectivity index (χ0v) is 17.9. The third kappa shape index (κ3) is 5.13. The van der Waals surface area contributed by atoms with Crippen molar-refractivity contribution in [3.8, 4) is 11.5 Å². The van der Waals surface area contributed by atoms with Crippen LogP contribution in [0.5, 0.6) is 11.5 Å². The maximum absolute atomic E-state index is 12.9. The molecule has 0 unspecified atom stereocenters. The molecule has 2 aromatic carbocycles. The molecule has 7 heteroatoms. The number of methoxy groups -OCH3 is 2. The van der Waals surface area contributed by atoms with Crippen molar-refractivity contribution in [2.24, 2.45) is 0 Å². The molecule has 0 aromatic heterocycles. The highest BCUT2D eigenvalue weighted by molar-refractivity contribution is 6.32. The van der Waals surface area contributed by atoms with E-state index in [9.17, 15) is 9.59 Å². The molecule has 6 nitrogen and oxygen atoms in total. The second kappa shape index (κ2) is 10.2. The first kappa shape index (κ1) is 21.7. The van der Waals surface area contributed by atoms with E-state index in [1.807, 2.05) is 18.2 Å². The predicted octanol–water partition coefficient (Wildman–Crippen LogP) is 3.75. The van der Waals surface area contributed by atoms with E-state index in [1.165, 1.54) is 13.2 Å². The second-order valence-electron chi connectivity index (χ2n) is 6.90. The molecule has 30 heavy (non-hydrogen) atoms. The Morgan fingerprint density at radius 3 is 2.37 bits per heavy atom. The highest BCUT2D eigenvalue weighted by Crippen LogP contribution is 2.28. The van der Waals surface area contributed by atoms with Gasteiger partial charge >= 0.3 is 0 Å². The lowest BCUT2D eigenvalue weighted by Gasteiger charge is -2.22. The summed E-state index contributed by atoms with van der Waals surface area (Å²) in [4.78, 5) is 29.1. The van der Waals surface area contributed by atoms with E-state index < -0.39 is 0 Å². The standard InChI is InChI=1S/C23H25ClN2O4/c1-29-20-10-8-18(16-21(20)30-2)23(28)26-13-5-12-25(14-15-26)22(27)11-9-17-6-3-4-7-19(17)24/h3-4,6-11,16H,5,12-15H2,1-2H3/b11-9+. The van der Waals surface area contributed by atoms with Crippen LogP contribution in [0.15, 0.2) is 48.5 Å². The lowest BCUT2D eigenvalue weighted by molar-refractivity contribution is -0.125. The molecule has 1 aliphatic heterocycles. The molecule has 158 valence electrons. The maximum Gasteiger partial charge on any atom is 0.254 e. The summed E-state index contributed by atoms with van der Waals surface area (Å²) < 4.78 is 10.5. The van der Waals surface area contributed by atoms with Gasteiger partial charge in [0.25, 0.3) is 5.91 Å². The number of nitrogens with zero attached hydrogens (tertiary/aromatic N) is 2. The van der Waals surface area contributed by atoms with Crippen LogP contribution in [0.3, 0.4) is 0 Å². The molecule has 1 heterocycles. The van der Waals surface area contributed by atoms with Crippen LogP contribution in [0.4, 0.5) is 0 Å². The minimum absolute atomic E-state index is 0.0862. The average Bonchev–Trinajstić information content (AvgIpc) is 3.03. The molecule has 0 spiro atoms. The Hall–Kier alpha value is -2.99. The van der Waals surface area contributed by atoms with Crippen molar-refractivity contribution in [1.82, 2.24) is 9.80 Å². The SMILES string of the molecule is COc1ccc(C(=O)N2CCCN(C(=O)/C=C/c3ccccc3Cl)CC2)cc1OC. The Labute approximate surface area is 181 Å². The largest absolute Gasteiger partial charge is 0.493 e. The second-order valence-corrected chi connectivity index (χ2v) is 7.30. The summed E-state index contributed by atoms with van der Waals surface area (Å²) in [5, 5.41) is 0.601. The third-order valence-electron chi connectivity index (χ3n) is 5.04. The summed E-state index contributed by atoms with van der Waals surface area (Å²) >= 11 is 6.14. The summed E-state index contributed by atoms with van der Waals surface area (Å²) in [6.07, 6.45) is 3.97. The van der Waals surface area contributed by atoms with Crippen molar-refractivity contribution in [3.05, 3.63) is 64.7 Å². The lowest BCUT2D eigenvalue weighted by atomic mass is 10.1. The number of benzene rings is 2. The van der Waals surface area contributed by atoms with Gasteiger partial charge in [-0.15, -0.1) is 0 Å². The fourth-order valence-corrected chi connectivity index (χ4v) is 3.57. The van der Waals surface area contributed by atoms with Gasteiger partial charge in [0.15, 0.2) is 11.5 Å². The molecule has 0 bridgehead atoms. The van der Waals surface area contributed by atoms with Crippen LogP contribution < -0.4 is 9.47 Å². The van der Waals surface area contributed by atoms with Gasteiger partial charge in [0.2, 0.25) is 5.91 Å². The van der Waals surface area contributed by atoms with E-state index in [4.69, 9.17) is 21.1 Å². The van der Waals surface area contributed by atoms with Crippen LogP contribution >= 0.6 is 11.6 Å². The Morgan fingerprint density at radius 1 is 0.933 bits per heavy atom. The summed E-state index contributed by atoms with van der Waals surface area (Å²) in [5.41, 5.74) is 1.33. The number of rotatable bonds is 5. The van der Waals surface area contributed by atoms with Gasteiger partial charge in [-0.05, 0) is 42.3 Å². The first-order chi connectivity index (χ1) is 14.5. The fraction of sp³-hybridized carbons (Fsp3) is 0.304. The smallest absolute Gasteiger partial charge is 0.254 e. The highest BCUT2D eigenvalue weighted by Gasteiger charge is 2.22. The van der Waals surface area contributed by atoms with Crippen LogP contribution in [-0.2, 0) is 4.79 Å². The van der Waals surface area contributed by atoms with Crippen molar-refractivity contribution < 1.29 is 19.1 Å². The van der Waals surface area contributed by atoms with E-state index in [0.717, 1.165) is 5.56 Å². The van der Waals surface area contributed by atoms with Gasteiger partial charge in [0, 0.05) is 42.8 Å². The van der Waals surface area contributed by atoms with E-state index in [2.05, 4.69) is 0 Å². The lowest BCUT2D eigenvalue weighted by Crippen LogP contribution is -2.36. The molecular formula is C23H25ClN2O4. The average molecular weight is 429 g/mol. The Morgan fingerprint density at radius 2 is 1.63 bits per heavy atom. The van der Waals surface area contributed by atoms with Gasteiger partial charge in [0.05, 0.1) is 14.2 Å². The van der Waals surface area contributed by atoms with Crippen molar-refractivity contribution in [1.29, 1.82) is 0 Å². The van der Waals surface area contributed by atoms with E-state index in [0.29, 0.717) is 54.7 Å². The number of carbonyl (C=O) groups is 2. The molecule has 0 N–H and O–H groups in total. The summed E-state index contributed by atoms with van der Waals surface area (Å²) in [6.45, 7) is 2.14. The van der Waals surface area contributed by atoms with Crippen molar-refractivity contribution >= 4 is 29.5 Å². The zero-order valence-electron chi connectivity index (χ0n) is 17.1.